The van der Waals surface area contributed by atoms with Crippen molar-refractivity contribution in [1.82, 2.24) is 4.90 Å². The van der Waals surface area contributed by atoms with E-state index in [2.05, 4.69) is 12.2 Å². The third-order valence-corrected chi connectivity index (χ3v) is 3.15. The molecule has 0 bridgehead atoms. The van der Waals surface area contributed by atoms with Crippen molar-refractivity contribution in [2.24, 2.45) is 0 Å². The van der Waals surface area contributed by atoms with Gasteiger partial charge < -0.3 is 10.2 Å². The fraction of sp³-hybridized carbons (Fsp3) is 0.429. The van der Waals surface area contributed by atoms with Gasteiger partial charge in [-0.05, 0) is 30.5 Å². The minimum atomic E-state index is -0.130. The molecule has 0 radical (unpaired) electrons. The zero-order valence-corrected chi connectivity index (χ0v) is 10.6. The maximum absolute atomic E-state index is 11.8. The summed E-state index contributed by atoms with van der Waals surface area (Å²) in [6.07, 6.45) is 2.41. The lowest BCUT2D eigenvalue weighted by Gasteiger charge is -2.15. The number of anilines is 1. The Kier molecular flexibility index (Phi) is 3.97. The second kappa shape index (κ2) is 5.67. The highest BCUT2D eigenvalue weighted by Gasteiger charge is 2.22. The highest BCUT2D eigenvalue weighted by molar-refractivity contribution is 5.94. The predicted molar refractivity (Wildman–Crippen MR) is 70.3 cm³/mol. The standard InChI is InChI=1S/C14H18N2O2/c1-2-11-5-7-12(8-6-11)15-13(17)10-16-9-3-4-14(16)18/h5-8H,2-4,9-10H2,1H3,(H,15,17). The molecule has 1 N–H and O–H groups in total. The summed E-state index contributed by atoms with van der Waals surface area (Å²) in [6, 6.07) is 7.78. The Labute approximate surface area is 107 Å². The highest BCUT2D eigenvalue weighted by atomic mass is 16.2. The number of nitrogens with one attached hydrogen (secondary N) is 1. The number of rotatable bonds is 4. The van der Waals surface area contributed by atoms with E-state index in [1.165, 1.54) is 5.56 Å². The summed E-state index contributed by atoms with van der Waals surface area (Å²) >= 11 is 0. The zero-order valence-electron chi connectivity index (χ0n) is 10.6. The van der Waals surface area contributed by atoms with Crippen molar-refractivity contribution < 1.29 is 9.59 Å². The molecule has 4 nitrogen and oxygen atoms in total. The molecule has 0 aliphatic carbocycles. The molecule has 2 rings (SSSR count). The van der Waals surface area contributed by atoms with Gasteiger partial charge in [-0.2, -0.15) is 0 Å². The van der Waals surface area contributed by atoms with E-state index >= 15 is 0 Å². The van der Waals surface area contributed by atoms with Crippen LogP contribution in [0.25, 0.3) is 0 Å². The molecule has 1 aromatic rings. The van der Waals surface area contributed by atoms with Crippen molar-refractivity contribution in [2.45, 2.75) is 26.2 Å². The molecule has 1 heterocycles. The molecule has 96 valence electrons. The van der Waals surface area contributed by atoms with Crippen LogP contribution in [0.1, 0.15) is 25.3 Å². The lowest BCUT2D eigenvalue weighted by Crippen LogP contribution is -2.33. The first-order chi connectivity index (χ1) is 8.69. The summed E-state index contributed by atoms with van der Waals surface area (Å²) in [5, 5.41) is 2.81. The number of aryl methyl sites for hydroxylation is 1. The lowest BCUT2D eigenvalue weighted by atomic mass is 10.1. The molecule has 18 heavy (non-hydrogen) atoms. The Hall–Kier alpha value is -1.84. The molecule has 2 amide bonds. The summed E-state index contributed by atoms with van der Waals surface area (Å²) < 4.78 is 0. The van der Waals surface area contributed by atoms with Gasteiger partial charge in [0.15, 0.2) is 0 Å². The molecule has 1 aliphatic heterocycles. The van der Waals surface area contributed by atoms with E-state index in [9.17, 15) is 9.59 Å². The first-order valence-corrected chi connectivity index (χ1v) is 6.35. The summed E-state index contributed by atoms with van der Waals surface area (Å²) in [5.41, 5.74) is 2.02. The maximum atomic E-state index is 11.8. The minimum Gasteiger partial charge on any atom is -0.333 e. The molecule has 1 aliphatic rings. The van der Waals surface area contributed by atoms with Gasteiger partial charge in [0.25, 0.3) is 0 Å². The molecule has 0 atom stereocenters. The van der Waals surface area contributed by atoms with Gasteiger partial charge in [0.1, 0.15) is 0 Å². The third-order valence-electron chi connectivity index (χ3n) is 3.15. The number of carbonyl (C=O) groups is 2. The molecular formula is C14H18N2O2. The van der Waals surface area contributed by atoms with E-state index in [4.69, 9.17) is 0 Å². The van der Waals surface area contributed by atoms with Gasteiger partial charge in [-0.25, -0.2) is 0 Å². The van der Waals surface area contributed by atoms with E-state index < -0.39 is 0 Å². The van der Waals surface area contributed by atoms with Crippen LogP contribution in [0, 0.1) is 0 Å². The SMILES string of the molecule is CCc1ccc(NC(=O)CN2CCCC2=O)cc1. The van der Waals surface area contributed by atoms with Gasteiger partial charge in [0.05, 0.1) is 6.54 Å². The van der Waals surface area contributed by atoms with E-state index in [1.54, 1.807) is 4.90 Å². The number of likely N-dealkylation sites (tertiary alicyclic amines) is 1. The van der Waals surface area contributed by atoms with Crippen LogP contribution in [0.5, 0.6) is 0 Å². The zero-order chi connectivity index (χ0) is 13.0. The van der Waals surface area contributed by atoms with Crippen LogP contribution < -0.4 is 5.32 Å². The summed E-state index contributed by atoms with van der Waals surface area (Å²) in [4.78, 5) is 24.8. The molecule has 0 aromatic heterocycles. The molecule has 0 saturated carbocycles. The second-order valence-corrected chi connectivity index (χ2v) is 4.52. The number of carbonyl (C=O) groups excluding carboxylic acids is 2. The van der Waals surface area contributed by atoms with Gasteiger partial charge in [-0.3, -0.25) is 9.59 Å². The molecule has 0 spiro atoms. The smallest absolute Gasteiger partial charge is 0.243 e. The van der Waals surface area contributed by atoms with Crippen LogP contribution >= 0.6 is 0 Å². The van der Waals surface area contributed by atoms with Crippen molar-refractivity contribution in [2.75, 3.05) is 18.4 Å². The van der Waals surface area contributed by atoms with Gasteiger partial charge >= 0.3 is 0 Å². The molecule has 1 saturated heterocycles. The van der Waals surface area contributed by atoms with Crippen molar-refractivity contribution in [3.05, 3.63) is 29.8 Å². The fourth-order valence-electron chi connectivity index (χ4n) is 2.07. The van der Waals surface area contributed by atoms with E-state index in [0.29, 0.717) is 13.0 Å². The van der Waals surface area contributed by atoms with Crippen molar-refractivity contribution in [1.29, 1.82) is 0 Å². The number of amides is 2. The normalized spacial score (nSPS) is 14.9. The number of hydrogen-bond acceptors (Lipinski definition) is 2. The predicted octanol–water partition coefficient (Wildman–Crippen LogP) is 1.81. The molecule has 4 heteroatoms. The molecule has 1 fully saturated rings. The Bertz CT molecular complexity index is 440. The van der Waals surface area contributed by atoms with Gasteiger partial charge in [0.2, 0.25) is 11.8 Å². The van der Waals surface area contributed by atoms with E-state index in [0.717, 1.165) is 18.5 Å². The third kappa shape index (κ3) is 3.09. The monoisotopic (exact) mass is 246 g/mol. The fourth-order valence-corrected chi connectivity index (χ4v) is 2.07. The second-order valence-electron chi connectivity index (χ2n) is 4.52. The van der Waals surface area contributed by atoms with Crippen LogP contribution in [0.4, 0.5) is 5.69 Å². The Morgan fingerprint density at radius 1 is 1.33 bits per heavy atom. The Morgan fingerprint density at radius 2 is 2.06 bits per heavy atom. The maximum Gasteiger partial charge on any atom is 0.243 e. The first-order valence-electron chi connectivity index (χ1n) is 6.35. The van der Waals surface area contributed by atoms with Gasteiger partial charge in [-0.15, -0.1) is 0 Å². The number of benzene rings is 1. The van der Waals surface area contributed by atoms with Crippen molar-refractivity contribution in [3.63, 3.8) is 0 Å². The van der Waals surface area contributed by atoms with Crippen LogP contribution in [0.2, 0.25) is 0 Å². The lowest BCUT2D eigenvalue weighted by molar-refractivity contribution is -0.131. The molecule has 0 unspecified atom stereocenters. The quantitative estimate of drug-likeness (QED) is 0.880. The summed E-state index contributed by atoms with van der Waals surface area (Å²) in [6.45, 7) is 2.95. The van der Waals surface area contributed by atoms with Gasteiger partial charge in [0, 0.05) is 18.7 Å². The average molecular weight is 246 g/mol. The van der Waals surface area contributed by atoms with Gasteiger partial charge in [-0.1, -0.05) is 19.1 Å². The minimum absolute atomic E-state index is 0.0754. The number of nitrogens with zero attached hydrogens (tertiary/aromatic N) is 1. The van der Waals surface area contributed by atoms with Crippen LogP contribution in [0.15, 0.2) is 24.3 Å². The van der Waals surface area contributed by atoms with Crippen molar-refractivity contribution in [3.8, 4) is 0 Å². The Morgan fingerprint density at radius 3 is 2.61 bits per heavy atom. The van der Waals surface area contributed by atoms with Crippen molar-refractivity contribution >= 4 is 17.5 Å². The highest BCUT2D eigenvalue weighted by Crippen LogP contribution is 2.12. The largest absolute Gasteiger partial charge is 0.333 e. The molecular weight excluding hydrogens is 228 g/mol. The van der Waals surface area contributed by atoms with Crippen LogP contribution in [0.3, 0.4) is 0 Å². The van der Waals surface area contributed by atoms with E-state index in [-0.39, 0.29) is 18.4 Å². The average Bonchev–Trinajstić information content (AvgIpc) is 2.76. The summed E-state index contributed by atoms with van der Waals surface area (Å²) in [7, 11) is 0. The number of hydrogen-bond donors (Lipinski definition) is 1. The van der Waals surface area contributed by atoms with Crippen LogP contribution in [-0.2, 0) is 16.0 Å². The van der Waals surface area contributed by atoms with Crippen LogP contribution in [-0.4, -0.2) is 29.8 Å². The first kappa shape index (κ1) is 12.6. The Balaban J connectivity index is 1.88. The van der Waals surface area contributed by atoms with E-state index in [1.807, 2.05) is 24.3 Å². The topological polar surface area (TPSA) is 49.4 Å². The molecule has 1 aromatic carbocycles. The summed E-state index contributed by atoms with van der Waals surface area (Å²) in [5.74, 6) is -0.0546.